The third-order valence-corrected chi connectivity index (χ3v) is 4.14. The first kappa shape index (κ1) is 13.8. The van der Waals surface area contributed by atoms with E-state index in [1.54, 1.807) is 0 Å². The van der Waals surface area contributed by atoms with Gasteiger partial charge in [-0.15, -0.1) is 0 Å². The molecule has 0 radical (unpaired) electrons. The summed E-state index contributed by atoms with van der Waals surface area (Å²) in [6.07, 6.45) is 0.886. The zero-order valence-corrected chi connectivity index (χ0v) is 12.0. The van der Waals surface area contributed by atoms with Gasteiger partial charge in [-0.25, -0.2) is 0 Å². The lowest BCUT2D eigenvalue weighted by Crippen LogP contribution is -2.27. The Kier molecular flexibility index (Phi) is 4.02. The van der Waals surface area contributed by atoms with Gasteiger partial charge in [-0.1, -0.05) is 54.6 Å². The minimum absolute atomic E-state index is 0.0218. The van der Waals surface area contributed by atoms with Crippen molar-refractivity contribution in [1.82, 2.24) is 4.90 Å². The van der Waals surface area contributed by atoms with Gasteiger partial charge in [-0.05, 0) is 29.7 Å². The maximum atomic E-state index is 11.2. The first-order valence-corrected chi connectivity index (χ1v) is 7.38. The summed E-state index contributed by atoms with van der Waals surface area (Å²) in [7, 11) is 0. The van der Waals surface area contributed by atoms with E-state index in [1.165, 1.54) is 16.7 Å². The fraction of sp³-hybridized carbons (Fsp3) is 0.278. The van der Waals surface area contributed by atoms with E-state index in [-0.39, 0.29) is 11.8 Å². The predicted molar refractivity (Wildman–Crippen MR) is 84.5 cm³/mol. The summed E-state index contributed by atoms with van der Waals surface area (Å²) in [5, 5.41) is 0. The Morgan fingerprint density at radius 3 is 2.33 bits per heavy atom. The Morgan fingerprint density at radius 2 is 1.71 bits per heavy atom. The highest BCUT2D eigenvalue weighted by molar-refractivity contribution is 5.77. The van der Waals surface area contributed by atoms with Crippen LogP contribution in [0.4, 0.5) is 0 Å². The molecule has 0 aliphatic carbocycles. The fourth-order valence-corrected chi connectivity index (χ4v) is 2.90. The summed E-state index contributed by atoms with van der Waals surface area (Å²) in [6, 6.07) is 19.0. The molecule has 1 saturated heterocycles. The van der Waals surface area contributed by atoms with Crippen LogP contribution in [0.1, 0.15) is 12.0 Å². The Morgan fingerprint density at radius 1 is 1.05 bits per heavy atom. The monoisotopic (exact) mass is 280 g/mol. The van der Waals surface area contributed by atoms with Gasteiger partial charge in [0.15, 0.2) is 0 Å². The maximum absolute atomic E-state index is 11.2. The van der Waals surface area contributed by atoms with Crippen LogP contribution in [0.25, 0.3) is 11.1 Å². The van der Waals surface area contributed by atoms with Crippen molar-refractivity contribution in [3.05, 3.63) is 60.2 Å². The van der Waals surface area contributed by atoms with Crippen LogP contribution < -0.4 is 5.73 Å². The van der Waals surface area contributed by atoms with Crippen molar-refractivity contribution in [1.29, 1.82) is 0 Å². The molecule has 108 valence electrons. The van der Waals surface area contributed by atoms with E-state index in [0.29, 0.717) is 0 Å². The largest absolute Gasteiger partial charge is 0.369 e. The second-order valence-corrected chi connectivity index (χ2v) is 5.69. The first-order valence-electron chi connectivity index (χ1n) is 7.38. The third kappa shape index (κ3) is 3.31. The van der Waals surface area contributed by atoms with Crippen molar-refractivity contribution in [2.75, 3.05) is 13.1 Å². The lowest BCUT2D eigenvalue weighted by atomic mass is 10.0. The Hall–Kier alpha value is -2.13. The minimum Gasteiger partial charge on any atom is -0.369 e. The van der Waals surface area contributed by atoms with E-state index in [1.807, 2.05) is 6.07 Å². The standard InChI is InChI=1S/C18H20N2O/c19-18(21)17-10-11-20(13-17)12-14-6-8-16(9-7-14)15-4-2-1-3-5-15/h1-9,17H,10-13H2,(H2,19,21). The van der Waals surface area contributed by atoms with Crippen LogP contribution >= 0.6 is 0 Å². The van der Waals surface area contributed by atoms with Gasteiger partial charge in [0.2, 0.25) is 5.91 Å². The summed E-state index contributed by atoms with van der Waals surface area (Å²) in [5.74, 6) is -0.148. The number of hydrogen-bond acceptors (Lipinski definition) is 2. The molecule has 1 heterocycles. The minimum atomic E-state index is -0.170. The third-order valence-electron chi connectivity index (χ3n) is 4.14. The molecule has 1 unspecified atom stereocenters. The normalized spacial score (nSPS) is 18.8. The molecule has 1 atom stereocenters. The molecule has 1 aliphatic heterocycles. The summed E-state index contributed by atoms with van der Waals surface area (Å²) in [6.45, 7) is 2.63. The van der Waals surface area contributed by atoms with Crippen LogP contribution in [0.15, 0.2) is 54.6 Å². The maximum Gasteiger partial charge on any atom is 0.221 e. The van der Waals surface area contributed by atoms with E-state index < -0.39 is 0 Å². The average molecular weight is 280 g/mol. The van der Waals surface area contributed by atoms with Crippen molar-refractivity contribution in [3.8, 4) is 11.1 Å². The lowest BCUT2D eigenvalue weighted by molar-refractivity contribution is -0.121. The van der Waals surface area contributed by atoms with Crippen molar-refractivity contribution >= 4 is 5.91 Å². The van der Waals surface area contributed by atoms with Crippen molar-refractivity contribution < 1.29 is 4.79 Å². The molecule has 2 N–H and O–H groups in total. The number of primary amides is 1. The summed E-state index contributed by atoms with van der Waals surface area (Å²) >= 11 is 0. The van der Waals surface area contributed by atoms with Crippen LogP contribution in [-0.2, 0) is 11.3 Å². The van der Waals surface area contributed by atoms with Gasteiger partial charge in [-0.3, -0.25) is 9.69 Å². The number of carbonyl (C=O) groups excluding carboxylic acids is 1. The van der Waals surface area contributed by atoms with Crippen LogP contribution in [0.5, 0.6) is 0 Å². The lowest BCUT2D eigenvalue weighted by Gasteiger charge is -2.15. The number of nitrogens with two attached hydrogens (primary N) is 1. The molecule has 3 rings (SSSR count). The Labute approximate surface area is 125 Å². The van der Waals surface area contributed by atoms with Crippen molar-refractivity contribution in [2.24, 2.45) is 11.7 Å². The van der Waals surface area contributed by atoms with Crippen LogP contribution in [0.3, 0.4) is 0 Å². The van der Waals surface area contributed by atoms with Gasteiger partial charge in [0.05, 0.1) is 5.92 Å². The number of benzene rings is 2. The summed E-state index contributed by atoms with van der Waals surface area (Å²) in [5.41, 5.74) is 9.12. The quantitative estimate of drug-likeness (QED) is 0.936. The highest BCUT2D eigenvalue weighted by Crippen LogP contribution is 2.22. The number of rotatable bonds is 4. The van der Waals surface area contributed by atoms with E-state index in [9.17, 15) is 4.79 Å². The van der Waals surface area contributed by atoms with Gasteiger partial charge in [0.1, 0.15) is 0 Å². The molecule has 0 aromatic heterocycles. The Bertz CT molecular complexity index is 607. The van der Waals surface area contributed by atoms with Crippen molar-refractivity contribution in [3.63, 3.8) is 0 Å². The highest BCUT2D eigenvalue weighted by atomic mass is 16.1. The molecular formula is C18H20N2O. The summed E-state index contributed by atoms with van der Waals surface area (Å²) < 4.78 is 0. The molecule has 1 amide bonds. The van der Waals surface area contributed by atoms with Gasteiger partial charge >= 0.3 is 0 Å². The molecular weight excluding hydrogens is 260 g/mol. The van der Waals surface area contributed by atoms with E-state index >= 15 is 0 Å². The Balaban J connectivity index is 1.64. The topological polar surface area (TPSA) is 46.3 Å². The van der Waals surface area contributed by atoms with E-state index in [4.69, 9.17) is 5.73 Å². The van der Waals surface area contributed by atoms with Gasteiger partial charge in [0.25, 0.3) is 0 Å². The number of nitrogens with zero attached hydrogens (tertiary/aromatic N) is 1. The van der Waals surface area contributed by atoms with Crippen LogP contribution in [0.2, 0.25) is 0 Å². The number of likely N-dealkylation sites (tertiary alicyclic amines) is 1. The van der Waals surface area contributed by atoms with Gasteiger partial charge in [0, 0.05) is 13.1 Å². The smallest absolute Gasteiger partial charge is 0.221 e. The first-order chi connectivity index (χ1) is 10.2. The molecule has 21 heavy (non-hydrogen) atoms. The number of carbonyl (C=O) groups is 1. The molecule has 0 bridgehead atoms. The van der Waals surface area contributed by atoms with Crippen molar-refractivity contribution in [2.45, 2.75) is 13.0 Å². The van der Waals surface area contributed by atoms with Gasteiger partial charge < -0.3 is 5.73 Å². The van der Waals surface area contributed by atoms with E-state index in [0.717, 1.165) is 26.1 Å². The molecule has 0 spiro atoms. The second kappa shape index (κ2) is 6.10. The number of hydrogen-bond donors (Lipinski definition) is 1. The second-order valence-electron chi connectivity index (χ2n) is 5.69. The highest BCUT2D eigenvalue weighted by Gasteiger charge is 2.26. The summed E-state index contributed by atoms with van der Waals surface area (Å²) in [4.78, 5) is 13.5. The van der Waals surface area contributed by atoms with Crippen LogP contribution in [-0.4, -0.2) is 23.9 Å². The molecule has 3 nitrogen and oxygen atoms in total. The number of amides is 1. The molecule has 0 saturated carbocycles. The van der Waals surface area contributed by atoms with Crippen LogP contribution in [0, 0.1) is 5.92 Å². The fourth-order valence-electron chi connectivity index (χ4n) is 2.90. The molecule has 3 heteroatoms. The molecule has 2 aromatic carbocycles. The predicted octanol–water partition coefficient (Wildman–Crippen LogP) is 2.66. The average Bonchev–Trinajstić information content (AvgIpc) is 2.98. The van der Waals surface area contributed by atoms with E-state index in [2.05, 4.69) is 53.4 Å². The zero-order valence-electron chi connectivity index (χ0n) is 12.0. The SMILES string of the molecule is NC(=O)C1CCN(Cc2ccc(-c3ccccc3)cc2)C1. The molecule has 1 fully saturated rings. The zero-order chi connectivity index (χ0) is 14.7. The van der Waals surface area contributed by atoms with Gasteiger partial charge in [-0.2, -0.15) is 0 Å². The molecule has 1 aliphatic rings. The molecule has 2 aromatic rings.